The lowest BCUT2D eigenvalue weighted by Gasteiger charge is -2.14. The molecule has 15 heavy (non-hydrogen) atoms. The van der Waals surface area contributed by atoms with Crippen molar-refractivity contribution in [3.8, 4) is 11.5 Å². The molecular weight excluding hydrogens is 220 g/mol. The monoisotopic (exact) mass is 232 g/mol. The van der Waals surface area contributed by atoms with Crippen molar-refractivity contribution in [3.63, 3.8) is 0 Å². The lowest BCUT2D eigenvalue weighted by atomic mass is 10.1. The molecule has 1 unspecified atom stereocenters. The Morgan fingerprint density at radius 1 is 1.33 bits per heavy atom. The van der Waals surface area contributed by atoms with Crippen molar-refractivity contribution in [1.29, 1.82) is 0 Å². The van der Waals surface area contributed by atoms with Crippen LogP contribution in [0.2, 0.25) is 5.02 Å². The zero-order chi connectivity index (χ0) is 11.4. The fraction of sp³-hybridized carbons (Fsp3) is 0.400. The molecule has 0 aliphatic heterocycles. The van der Waals surface area contributed by atoms with Gasteiger partial charge in [-0.15, -0.1) is 0 Å². The van der Waals surface area contributed by atoms with Gasteiger partial charge in [-0.3, -0.25) is 0 Å². The summed E-state index contributed by atoms with van der Waals surface area (Å²) in [5.41, 5.74) is 0.385. The minimum absolute atomic E-state index is 0.278. The Balaban J connectivity index is 3.23. The van der Waals surface area contributed by atoms with E-state index in [9.17, 15) is 5.11 Å². The molecule has 5 heteroatoms. The Kier molecular flexibility index (Phi) is 4.20. The van der Waals surface area contributed by atoms with Crippen molar-refractivity contribution in [1.82, 2.24) is 0 Å². The van der Waals surface area contributed by atoms with Gasteiger partial charge in [0.15, 0.2) is 0 Å². The summed E-state index contributed by atoms with van der Waals surface area (Å²) in [4.78, 5) is 0. The van der Waals surface area contributed by atoms with Crippen LogP contribution in [0.25, 0.3) is 0 Å². The Morgan fingerprint density at radius 3 is 2.47 bits per heavy atom. The van der Waals surface area contributed by atoms with E-state index in [-0.39, 0.29) is 5.02 Å². The maximum atomic E-state index is 9.50. The first kappa shape index (κ1) is 12.1. The van der Waals surface area contributed by atoms with Crippen molar-refractivity contribution in [2.24, 2.45) is 0 Å². The summed E-state index contributed by atoms with van der Waals surface area (Å²) in [6.07, 6.45) is -1.04. The van der Waals surface area contributed by atoms with Crippen molar-refractivity contribution < 1.29 is 19.7 Å². The first-order valence-corrected chi connectivity index (χ1v) is 4.72. The molecule has 2 N–H and O–H groups in total. The second kappa shape index (κ2) is 5.21. The fourth-order valence-corrected chi connectivity index (χ4v) is 1.51. The molecule has 0 saturated heterocycles. The van der Waals surface area contributed by atoms with Gasteiger partial charge in [-0.2, -0.15) is 0 Å². The highest BCUT2D eigenvalue weighted by Crippen LogP contribution is 2.36. The quantitative estimate of drug-likeness (QED) is 0.824. The zero-order valence-corrected chi connectivity index (χ0v) is 9.28. The molecule has 1 aromatic carbocycles. The molecule has 84 valence electrons. The molecule has 0 radical (unpaired) electrons. The summed E-state index contributed by atoms with van der Waals surface area (Å²) in [5.74, 6) is 0.914. The molecule has 0 aliphatic rings. The minimum Gasteiger partial charge on any atom is -0.497 e. The molecule has 0 bridgehead atoms. The molecule has 1 atom stereocenters. The van der Waals surface area contributed by atoms with Gasteiger partial charge in [-0.25, -0.2) is 0 Å². The standard InChI is InChI=1S/C10H13ClO4/c1-14-6-3-7(8(13)5-12)10(11)9(4-6)15-2/h3-4,8,12-13H,5H2,1-2H3. The van der Waals surface area contributed by atoms with Crippen LogP contribution in [0.4, 0.5) is 0 Å². The average molecular weight is 233 g/mol. The van der Waals surface area contributed by atoms with Crippen LogP contribution in [0.15, 0.2) is 12.1 Å². The number of ether oxygens (including phenoxy) is 2. The highest BCUT2D eigenvalue weighted by molar-refractivity contribution is 6.33. The lowest BCUT2D eigenvalue weighted by Crippen LogP contribution is -2.04. The van der Waals surface area contributed by atoms with Gasteiger partial charge in [-0.1, -0.05) is 11.6 Å². The van der Waals surface area contributed by atoms with Crippen LogP contribution in [-0.4, -0.2) is 31.0 Å². The molecular formula is C10H13ClO4. The van der Waals surface area contributed by atoms with Gasteiger partial charge < -0.3 is 19.7 Å². The Hall–Kier alpha value is -0.970. The van der Waals surface area contributed by atoms with E-state index in [4.69, 9.17) is 26.2 Å². The highest BCUT2D eigenvalue weighted by atomic mass is 35.5. The SMILES string of the molecule is COc1cc(OC)c(Cl)c(C(O)CO)c1. The normalized spacial score (nSPS) is 12.3. The Bertz CT molecular complexity index is 340. The van der Waals surface area contributed by atoms with E-state index >= 15 is 0 Å². The van der Waals surface area contributed by atoms with Crippen molar-refractivity contribution in [2.45, 2.75) is 6.10 Å². The van der Waals surface area contributed by atoms with Crippen LogP contribution < -0.4 is 9.47 Å². The molecule has 0 saturated carbocycles. The van der Waals surface area contributed by atoms with E-state index in [1.165, 1.54) is 14.2 Å². The third-order valence-corrected chi connectivity index (χ3v) is 2.43. The maximum Gasteiger partial charge on any atom is 0.141 e. The molecule has 1 aromatic rings. The Morgan fingerprint density at radius 2 is 2.00 bits per heavy atom. The number of rotatable bonds is 4. The summed E-state index contributed by atoms with van der Waals surface area (Å²) < 4.78 is 10.0. The number of methoxy groups -OCH3 is 2. The van der Waals surface area contributed by atoms with Crippen LogP contribution in [0.1, 0.15) is 11.7 Å². The van der Waals surface area contributed by atoms with Crippen LogP contribution in [0.5, 0.6) is 11.5 Å². The molecule has 4 nitrogen and oxygen atoms in total. The predicted molar refractivity (Wildman–Crippen MR) is 56.6 cm³/mol. The van der Waals surface area contributed by atoms with Gasteiger partial charge in [-0.05, 0) is 6.07 Å². The molecule has 0 amide bonds. The van der Waals surface area contributed by atoms with E-state index in [0.29, 0.717) is 17.1 Å². The summed E-state index contributed by atoms with van der Waals surface area (Å²) in [5, 5.41) is 18.6. The van der Waals surface area contributed by atoms with Gasteiger partial charge in [0.1, 0.15) is 17.6 Å². The molecule has 1 rings (SSSR count). The van der Waals surface area contributed by atoms with E-state index in [1.54, 1.807) is 12.1 Å². The predicted octanol–water partition coefficient (Wildman–Crippen LogP) is 1.38. The third-order valence-electron chi connectivity index (χ3n) is 2.03. The van der Waals surface area contributed by atoms with Gasteiger partial charge >= 0.3 is 0 Å². The highest BCUT2D eigenvalue weighted by Gasteiger charge is 2.16. The van der Waals surface area contributed by atoms with E-state index < -0.39 is 12.7 Å². The molecule has 0 spiro atoms. The minimum atomic E-state index is -1.04. The summed E-state index contributed by atoms with van der Waals surface area (Å²) in [6, 6.07) is 3.17. The van der Waals surface area contributed by atoms with E-state index in [0.717, 1.165) is 0 Å². The van der Waals surface area contributed by atoms with Crippen molar-refractivity contribution >= 4 is 11.6 Å². The smallest absolute Gasteiger partial charge is 0.141 e. The molecule has 0 aromatic heterocycles. The van der Waals surface area contributed by atoms with Gasteiger partial charge in [0, 0.05) is 11.6 Å². The van der Waals surface area contributed by atoms with Gasteiger partial charge in [0.05, 0.1) is 25.8 Å². The number of benzene rings is 1. The number of hydrogen-bond donors (Lipinski definition) is 2. The van der Waals surface area contributed by atoms with Crippen LogP contribution in [0.3, 0.4) is 0 Å². The van der Waals surface area contributed by atoms with Gasteiger partial charge in [0.2, 0.25) is 0 Å². The first-order valence-electron chi connectivity index (χ1n) is 4.34. The maximum absolute atomic E-state index is 9.50. The lowest BCUT2D eigenvalue weighted by molar-refractivity contribution is 0.0953. The van der Waals surface area contributed by atoms with E-state index in [2.05, 4.69) is 0 Å². The van der Waals surface area contributed by atoms with Crippen LogP contribution >= 0.6 is 11.6 Å². The van der Waals surface area contributed by atoms with Crippen LogP contribution in [0, 0.1) is 0 Å². The fourth-order valence-electron chi connectivity index (χ4n) is 1.20. The van der Waals surface area contributed by atoms with Crippen molar-refractivity contribution in [3.05, 3.63) is 22.7 Å². The largest absolute Gasteiger partial charge is 0.497 e. The summed E-state index contributed by atoms with van der Waals surface area (Å²) in [7, 11) is 2.97. The summed E-state index contributed by atoms with van der Waals surface area (Å²) >= 11 is 5.96. The first-order chi connectivity index (χ1) is 7.13. The van der Waals surface area contributed by atoms with Crippen molar-refractivity contribution in [2.75, 3.05) is 20.8 Å². The number of hydrogen-bond acceptors (Lipinski definition) is 4. The third kappa shape index (κ3) is 2.53. The summed E-state index contributed by atoms with van der Waals surface area (Å²) in [6.45, 7) is -0.407. The number of aliphatic hydroxyl groups excluding tert-OH is 2. The number of halogens is 1. The topological polar surface area (TPSA) is 58.9 Å². The second-order valence-corrected chi connectivity index (χ2v) is 3.31. The average Bonchev–Trinajstić information content (AvgIpc) is 2.28. The van der Waals surface area contributed by atoms with Gasteiger partial charge in [0.25, 0.3) is 0 Å². The van der Waals surface area contributed by atoms with Crippen LogP contribution in [-0.2, 0) is 0 Å². The molecule has 0 aliphatic carbocycles. The molecule has 0 fully saturated rings. The van der Waals surface area contributed by atoms with E-state index in [1.807, 2.05) is 0 Å². The molecule has 0 heterocycles. The Labute approximate surface area is 93.0 Å². The second-order valence-electron chi connectivity index (χ2n) is 2.93. The zero-order valence-electron chi connectivity index (χ0n) is 8.53. The number of aliphatic hydroxyl groups is 2.